The summed E-state index contributed by atoms with van der Waals surface area (Å²) in [6.07, 6.45) is 0. The Morgan fingerprint density at radius 2 is 1.81 bits per heavy atom. The lowest BCUT2D eigenvalue weighted by Crippen LogP contribution is -2.39. The van der Waals surface area contributed by atoms with Crippen molar-refractivity contribution in [1.29, 1.82) is 5.26 Å². The summed E-state index contributed by atoms with van der Waals surface area (Å²) in [5.74, 6) is -0.348. The van der Waals surface area contributed by atoms with Crippen molar-refractivity contribution in [2.24, 2.45) is 0 Å². The highest BCUT2D eigenvalue weighted by atomic mass is 32.2. The Kier molecular flexibility index (Phi) is 4.52. The highest BCUT2D eigenvalue weighted by molar-refractivity contribution is 7.94. The Balaban J connectivity index is 1.67. The van der Waals surface area contributed by atoms with Crippen LogP contribution in [0, 0.1) is 11.3 Å². The number of aromatic nitrogens is 2. The molecule has 2 aromatic carbocycles. The van der Waals surface area contributed by atoms with Crippen LogP contribution in [0.2, 0.25) is 0 Å². The second-order valence-electron chi connectivity index (χ2n) is 7.14. The molecular weight excluding hydrogens is 472 g/mol. The topological polar surface area (TPSA) is 144 Å². The average Bonchev–Trinajstić information content (AvgIpc) is 3.38. The number of rotatable bonds is 3. The van der Waals surface area contributed by atoms with E-state index in [1.807, 2.05) is 0 Å². The number of nitrogens with zero attached hydrogens (tertiary/aromatic N) is 2. The lowest BCUT2D eigenvalue weighted by atomic mass is 10.1. The van der Waals surface area contributed by atoms with Gasteiger partial charge in [-0.25, -0.2) is 21.6 Å². The maximum absolute atomic E-state index is 13.5. The van der Waals surface area contributed by atoms with Crippen molar-refractivity contribution in [3.8, 4) is 16.5 Å². The van der Waals surface area contributed by atoms with Gasteiger partial charge < -0.3 is 9.97 Å². The average molecular weight is 487 g/mol. The van der Waals surface area contributed by atoms with E-state index in [0.717, 1.165) is 9.18 Å². The van der Waals surface area contributed by atoms with E-state index in [2.05, 4.69) is 16.0 Å². The minimum Gasteiger partial charge on any atom is -0.306 e. The van der Waals surface area contributed by atoms with Gasteiger partial charge >= 0.3 is 5.69 Å². The van der Waals surface area contributed by atoms with Gasteiger partial charge in [0.25, 0.3) is 10.0 Å². The van der Waals surface area contributed by atoms with Crippen LogP contribution in [0.5, 0.6) is 0 Å². The van der Waals surface area contributed by atoms with Gasteiger partial charge in [-0.1, -0.05) is 6.07 Å². The minimum atomic E-state index is -4.12. The number of hydrogen-bond donors (Lipinski definition) is 2. The number of aromatic amines is 2. The van der Waals surface area contributed by atoms with Crippen molar-refractivity contribution in [1.82, 2.24) is 9.97 Å². The van der Waals surface area contributed by atoms with Crippen molar-refractivity contribution in [3.05, 3.63) is 63.9 Å². The molecule has 12 heteroatoms. The van der Waals surface area contributed by atoms with Crippen LogP contribution in [0.3, 0.4) is 0 Å². The Bertz CT molecular complexity index is 1710. The van der Waals surface area contributed by atoms with E-state index in [0.29, 0.717) is 21.5 Å². The number of nitrogens with one attached hydrogen (secondary N) is 2. The van der Waals surface area contributed by atoms with Crippen molar-refractivity contribution >= 4 is 47.9 Å². The number of sulfone groups is 1. The van der Waals surface area contributed by atoms with E-state index in [9.17, 15) is 21.6 Å². The lowest BCUT2D eigenvalue weighted by Gasteiger charge is -2.30. The molecule has 32 heavy (non-hydrogen) atoms. The maximum Gasteiger partial charge on any atom is 0.323 e. The first-order valence-electron chi connectivity index (χ1n) is 9.31. The van der Waals surface area contributed by atoms with Gasteiger partial charge in [-0.2, -0.15) is 5.26 Å². The molecule has 0 unspecified atom stereocenters. The molecule has 2 N–H and O–H groups in total. The van der Waals surface area contributed by atoms with Gasteiger partial charge in [0.1, 0.15) is 10.9 Å². The molecule has 5 rings (SSSR count). The molecule has 0 saturated heterocycles. The summed E-state index contributed by atoms with van der Waals surface area (Å²) in [5, 5.41) is 9.08. The van der Waals surface area contributed by atoms with Crippen molar-refractivity contribution in [2.75, 3.05) is 16.6 Å². The molecule has 0 amide bonds. The van der Waals surface area contributed by atoms with Gasteiger partial charge in [0, 0.05) is 11.4 Å². The molecule has 0 atom stereocenters. The van der Waals surface area contributed by atoms with Crippen LogP contribution in [0.15, 0.2) is 63.1 Å². The fourth-order valence-electron chi connectivity index (χ4n) is 3.66. The van der Waals surface area contributed by atoms with E-state index < -0.39 is 25.6 Å². The van der Waals surface area contributed by atoms with Crippen LogP contribution in [-0.4, -0.2) is 39.1 Å². The third-order valence-electron chi connectivity index (χ3n) is 5.20. The van der Waals surface area contributed by atoms with E-state index in [1.54, 1.807) is 18.2 Å². The smallest absolute Gasteiger partial charge is 0.306 e. The highest BCUT2D eigenvalue weighted by Gasteiger charge is 2.36. The SMILES string of the molecule is N#Cc1ccc(-c2ccc3c(c2)N(S(=O)(=O)c2ccc4[nH]c(=O)[nH]c4c2)CCS3(=O)=O)s1. The molecule has 0 saturated carbocycles. The second kappa shape index (κ2) is 7.06. The number of H-pyrrole nitrogens is 2. The fourth-order valence-corrected chi connectivity index (χ4v) is 7.55. The zero-order valence-electron chi connectivity index (χ0n) is 16.2. The van der Waals surface area contributed by atoms with Gasteiger partial charge in [-0.05, 0) is 48.0 Å². The third-order valence-corrected chi connectivity index (χ3v) is 9.79. The lowest BCUT2D eigenvalue weighted by molar-refractivity contribution is 0.584. The monoisotopic (exact) mass is 486 g/mol. The van der Waals surface area contributed by atoms with Crippen LogP contribution in [-0.2, 0) is 19.9 Å². The summed E-state index contributed by atoms with van der Waals surface area (Å²) >= 11 is 1.23. The predicted octanol–water partition coefficient (Wildman–Crippen LogP) is 2.44. The van der Waals surface area contributed by atoms with Crippen LogP contribution < -0.4 is 9.99 Å². The summed E-state index contributed by atoms with van der Waals surface area (Å²) in [6, 6.07) is 14.2. The predicted molar refractivity (Wildman–Crippen MR) is 120 cm³/mol. The molecule has 0 fully saturated rings. The van der Waals surface area contributed by atoms with E-state index >= 15 is 0 Å². The Labute approximate surface area is 186 Å². The molecule has 3 heterocycles. The molecular formula is C20H14N4O5S3. The first kappa shape index (κ1) is 20.5. The summed E-state index contributed by atoms with van der Waals surface area (Å²) in [4.78, 5) is 17.7. The molecule has 0 aliphatic carbocycles. The standard InChI is InChI=1S/C20H14N4O5S3/c21-11-13-2-5-18(30-13)12-1-6-19-17(9-12)24(7-8-31(19,26)27)32(28,29)14-3-4-15-16(10-14)23-20(25)22-15/h1-6,9-10H,7-8H2,(H2,22,23,25). The van der Waals surface area contributed by atoms with Crippen molar-refractivity contribution < 1.29 is 16.8 Å². The van der Waals surface area contributed by atoms with Gasteiger partial charge in [0.05, 0.1) is 32.3 Å². The number of nitriles is 1. The van der Waals surface area contributed by atoms with Gasteiger partial charge in [-0.3, -0.25) is 4.31 Å². The van der Waals surface area contributed by atoms with E-state index in [4.69, 9.17) is 5.26 Å². The minimum absolute atomic E-state index is 0.0586. The van der Waals surface area contributed by atoms with Gasteiger partial charge in [0.15, 0.2) is 9.84 Å². The zero-order valence-corrected chi connectivity index (χ0v) is 18.6. The van der Waals surface area contributed by atoms with Crippen molar-refractivity contribution in [3.63, 3.8) is 0 Å². The number of fused-ring (bicyclic) bond motifs is 2. The third kappa shape index (κ3) is 3.22. The van der Waals surface area contributed by atoms with Crippen LogP contribution in [0.4, 0.5) is 5.69 Å². The second-order valence-corrected chi connectivity index (χ2v) is 12.2. The molecule has 0 bridgehead atoms. The number of benzene rings is 2. The number of anilines is 1. The first-order valence-corrected chi connectivity index (χ1v) is 13.2. The summed E-state index contributed by atoms with van der Waals surface area (Å²) in [5.41, 5.74) is 1.00. The van der Waals surface area contributed by atoms with Crippen LogP contribution in [0.25, 0.3) is 21.5 Å². The van der Waals surface area contributed by atoms with E-state index in [1.165, 1.54) is 41.7 Å². The van der Waals surface area contributed by atoms with E-state index in [-0.39, 0.29) is 27.8 Å². The number of imidazole rings is 1. The number of sulfonamides is 1. The summed E-state index contributed by atoms with van der Waals surface area (Å²) in [7, 11) is -7.78. The van der Waals surface area contributed by atoms with Crippen molar-refractivity contribution in [2.45, 2.75) is 9.79 Å². The fraction of sp³-hybridized carbons (Fsp3) is 0.100. The number of hydrogen-bond acceptors (Lipinski definition) is 7. The Morgan fingerprint density at radius 1 is 1.03 bits per heavy atom. The summed E-state index contributed by atoms with van der Waals surface area (Å²) in [6.45, 7) is -0.239. The number of thiophene rings is 1. The molecule has 162 valence electrons. The van der Waals surface area contributed by atoms with Crippen LogP contribution in [0.1, 0.15) is 4.88 Å². The van der Waals surface area contributed by atoms with Gasteiger partial charge in [-0.15, -0.1) is 11.3 Å². The highest BCUT2D eigenvalue weighted by Crippen LogP contribution is 2.39. The normalized spacial score (nSPS) is 15.4. The molecule has 9 nitrogen and oxygen atoms in total. The molecule has 1 aliphatic heterocycles. The van der Waals surface area contributed by atoms with Crippen LogP contribution >= 0.6 is 11.3 Å². The summed E-state index contributed by atoms with van der Waals surface area (Å²) < 4.78 is 53.4. The quantitative estimate of drug-likeness (QED) is 0.455. The zero-order chi connectivity index (χ0) is 22.7. The molecule has 0 spiro atoms. The maximum atomic E-state index is 13.5. The molecule has 2 aromatic heterocycles. The Morgan fingerprint density at radius 3 is 2.56 bits per heavy atom. The Hall–Kier alpha value is -3.40. The molecule has 4 aromatic rings. The van der Waals surface area contributed by atoms with Gasteiger partial charge in [0.2, 0.25) is 0 Å². The largest absolute Gasteiger partial charge is 0.323 e. The first-order chi connectivity index (χ1) is 15.2. The molecule has 0 radical (unpaired) electrons. The molecule has 1 aliphatic rings.